The summed E-state index contributed by atoms with van der Waals surface area (Å²) in [5.41, 5.74) is 1.08. The summed E-state index contributed by atoms with van der Waals surface area (Å²) in [5.74, 6) is 0.655. The molecule has 38 heavy (non-hydrogen) atoms. The van der Waals surface area contributed by atoms with Gasteiger partial charge in [-0.3, -0.25) is 4.79 Å². The first-order valence-corrected chi connectivity index (χ1v) is 13.8. The second-order valence-electron chi connectivity index (χ2n) is 11.6. The van der Waals surface area contributed by atoms with Crippen molar-refractivity contribution in [2.45, 2.75) is 89.1 Å². The number of aliphatic hydroxyl groups is 1. The third kappa shape index (κ3) is 7.41. The van der Waals surface area contributed by atoms with Crippen molar-refractivity contribution in [3.63, 3.8) is 0 Å². The van der Waals surface area contributed by atoms with Gasteiger partial charge in [0.1, 0.15) is 18.0 Å². The predicted molar refractivity (Wildman–Crippen MR) is 147 cm³/mol. The van der Waals surface area contributed by atoms with Gasteiger partial charge in [-0.2, -0.15) is 0 Å². The molecule has 2 aromatic rings. The van der Waals surface area contributed by atoms with Gasteiger partial charge in [-0.05, 0) is 76.1 Å². The maximum Gasteiger partial charge on any atom is 0.407 e. The summed E-state index contributed by atoms with van der Waals surface area (Å²) in [7, 11) is 0. The van der Waals surface area contributed by atoms with Crippen LogP contribution in [-0.2, 0) is 21.6 Å². The molecular weight excluding hydrogens is 504 g/mol. The fourth-order valence-corrected chi connectivity index (χ4v) is 5.62. The highest BCUT2D eigenvalue weighted by Gasteiger charge is 2.41. The van der Waals surface area contributed by atoms with Gasteiger partial charge in [-0.15, -0.1) is 0 Å². The fourth-order valence-electron chi connectivity index (χ4n) is 5.39. The Bertz CT molecular complexity index is 1110. The number of hydrogen-bond acceptors (Lipinski definition) is 5. The first kappa shape index (κ1) is 28.2. The van der Waals surface area contributed by atoms with Crippen LogP contribution in [0.5, 0.6) is 5.75 Å². The zero-order valence-corrected chi connectivity index (χ0v) is 23.3. The number of aliphatic hydroxyl groups excluding tert-OH is 1. The lowest BCUT2D eigenvalue weighted by Crippen LogP contribution is -2.43. The Morgan fingerprint density at radius 3 is 2.47 bits per heavy atom. The van der Waals surface area contributed by atoms with Crippen molar-refractivity contribution in [2.75, 3.05) is 13.1 Å². The molecule has 2 N–H and O–H groups in total. The highest BCUT2D eigenvalue weighted by Crippen LogP contribution is 2.44. The zero-order valence-electron chi connectivity index (χ0n) is 22.5. The lowest BCUT2D eigenvalue weighted by atomic mass is 9.66. The SMILES string of the molecule is CC(C)(C)OC(=O)N[C@@H]1CCN(C(=O)CC2(c3ccc(OCc4ccccc4)c(Cl)c3)CCC(O)CC2)C1. The van der Waals surface area contributed by atoms with E-state index in [-0.39, 0.29) is 18.1 Å². The Balaban J connectivity index is 1.43. The zero-order chi connectivity index (χ0) is 27.3. The summed E-state index contributed by atoms with van der Waals surface area (Å²) in [6, 6.07) is 15.6. The second-order valence-corrected chi connectivity index (χ2v) is 12.0. The lowest BCUT2D eigenvalue weighted by Gasteiger charge is -2.40. The van der Waals surface area contributed by atoms with Gasteiger partial charge in [-0.25, -0.2) is 4.79 Å². The summed E-state index contributed by atoms with van der Waals surface area (Å²) in [6.45, 7) is 6.95. The van der Waals surface area contributed by atoms with Crippen molar-refractivity contribution >= 4 is 23.6 Å². The number of hydrogen-bond donors (Lipinski definition) is 2. The molecule has 1 atom stereocenters. The molecular formula is C30H39ClN2O5. The molecule has 1 aliphatic carbocycles. The van der Waals surface area contributed by atoms with Gasteiger partial charge in [-0.1, -0.05) is 48.0 Å². The van der Waals surface area contributed by atoms with Crippen LogP contribution in [0.4, 0.5) is 4.79 Å². The minimum absolute atomic E-state index is 0.0513. The van der Waals surface area contributed by atoms with E-state index in [0.29, 0.717) is 69.0 Å². The van der Waals surface area contributed by atoms with Crippen LogP contribution in [-0.4, -0.2) is 52.8 Å². The number of benzene rings is 2. The molecule has 4 rings (SSSR count). The topological polar surface area (TPSA) is 88.1 Å². The maximum absolute atomic E-state index is 13.5. The second kappa shape index (κ2) is 12.0. The number of likely N-dealkylation sites (tertiary alicyclic amines) is 1. The number of amides is 2. The Hall–Kier alpha value is -2.77. The lowest BCUT2D eigenvalue weighted by molar-refractivity contribution is -0.132. The Kier molecular flexibility index (Phi) is 8.89. The van der Waals surface area contributed by atoms with Crippen molar-refractivity contribution in [1.29, 1.82) is 0 Å². The molecule has 1 saturated heterocycles. The summed E-state index contributed by atoms with van der Waals surface area (Å²) in [4.78, 5) is 27.5. The van der Waals surface area contributed by atoms with E-state index >= 15 is 0 Å². The number of alkyl carbamates (subject to hydrolysis) is 1. The third-order valence-electron chi connectivity index (χ3n) is 7.45. The Morgan fingerprint density at radius 2 is 1.82 bits per heavy atom. The van der Waals surface area contributed by atoms with Crippen molar-refractivity contribution in [2.24, 2.45) is 0 Å². The minimum atomic E-state index is -0.570. The van der Waals surface area contributed by atoms with Gasteiger partial charge in [0.15, 0.2) is 0 Å². The first-order valence-electron chi connectivity index (χ1n) is 13.5. The van der Waals surface area contributed by atoms with Gasteiger partial charge < -0.3 is 24.8 Å². The quantitative estimate of drug-likeness (QED) is 0.475. The van der Waals surface area contributed by atoms with Gasteiger partial charge in [0.25, 0.3) is 0 Å². The van der Waals surface area contributed by atoms with Gasteiger partial charge in [0.05, 0.1) is 17.2 Å². The molecule has 1 saturated carbocycles. The van der Waals surface area contributed by atoms with E-state index in [2.05, 4.69) is 5.32 Å². The normalized spacial score (nSPS) is 23.7. The molecule has 2 aromatic carbocycles. The maximum atomic E-state index is 13.5. The molecule has 8 heteroatoms. The van der Waals surface area contributed by atoms with E-state index in [4.69, 9.17) is 21.1 Å². The molecule has 0 aromatic heterocycles. The molecule has 2 amide bonds. The average Bonchev–Trinajstić information content (AvgIpc) is 3.33. The van der Waals surface area contributed by atoms with E-state index in [0.717, 1.165) is 11.1 Å². The monoisotopic (exact) mass is 542 g/mol. The van der Waals surface area contributed by atoms with E-state index in [1.165, 1.54) is 0 Å². The number of nitrogens with one attached hydrogen (secondary N) is 1. The van der Waals surface area contributed by atoms with E-state index in [9.17, 15) is 14.7 Å². The highest BCUT2D eigenvalue weighted by molar-refractivity contribution is 6.32. The largest absolute Gasteiger partial charge is 0.487 e. The van der Waals surface area contributed by atoms with Crippen molar-refractivity contribution in [3.05, 3.63) is 64.7 Å². The average molecular weight is 543 g/mol. The number of rotatable bonds is 7. The molecule has 0 bridgehead atoms. The summed E-state index contributed by atoms with van der Waals surface area (Å²) < 4.78 is 11.3. The molecule has 1 heterocycles. The molecule has 1 aliphatic heterocycles. The molecule has 7 nitrogen and oxygen atoms in total. The van der Waals surface area contributed by atoms with Crippen LogP contribution in [0.15, 0.2) is 48.5 Å². The van der Waals surface area contributed by atoms with Gasteiger partial charge in [0, 0.05) is 24.9 Å². The highest BCUT2D eigenvalue weighted by atomic mass is 35.5. The Labute approximate surface area is 230 Å². The van der Waals surface area contributed by atoms with Crippen LogP contribution in [0, 0.1) is 0 Å². The van der Waals surface area contributed by atoms with E-state index in [1.807, 2.05) is 74.2 Å². The van der Waals surface area contributed by atoms with Crippen molar-refractivity contribution < 1.29 is 24.2 Å². The molecule has 206 valence electrons. The number of carbonyl (C=O) groups is 2. The molecule has 2 fully saturated rings. The van der Waals surface area contributed by atoms with Crippen LogP contribution in [0.3, 0.4) is 0 Å². The molecule has 2 aliphatic rings. The molecule has 0 radical (unpaired) electrons. The predicted octanol–water partition coefficient (Wildman–Crippen LogP) is 5.61. The summed E-state index contributed by atoms with van der Waals surface area (Å²) in [5, 5.41) is 13.6. The third-order valence-corrected chi connectivity index (χ3v) is 7.74. The van der Waals surface area contributed by atoms with E-state index in [1.54, 1.807) is 0 Å². The minimum Gasteiger partial charge on any atom is -0.487 e. The number of ether oxygens (including phenoxy) is 2. The fraction of sp³-hybridized carbons (Fsp3) is 0.533. The summed E-state index contributed by atoms with van der Waals surface area (Å²) in [6.07, 6.45) is 2.90. The van der Waals surface area contributed by atoms with Crippen LogP contribution in [0.1, 0.15) is 70.4 Å². The van der Waals surface area contributed by atoms with Gasteiger partial charge >= 0.3 is 6.09 Å². The standard InChI is InChI=1S/C30H39ClN2O5/c1-29(2,3)38-28(36)32-23-13-16-33(19-23)27(35)18-30(14-11-24(34)12-15-30)22-9-10-26(25(31)17-22)37-20-21-7-5-4-6-8-21/h4-10,17,23-24,34H,11-16,18-20H2,1-3H3,(H,32,36)/t23-,24?,30?/m1/s1. The Morgan fingerprint density at radius 1 is 1.11 bits per heavy atom. The summed E-state index contributed by atoms with van der Waals surface area (Å²) >= 11 is 6.66. The van der Waals surface area contributed by atoms with E-state index < -0.39 is 17.1 Å². The first-order chi connectivity index (χ1) is 18.0. The van der Waals surface area contributed by atoms with Crippen molar-refractivity contribution in [3.8, 4) is 5.75 Å². The van der Waals surface area contributed by atoms with Crippen molar-refractivity contribution in [1.82, 2.24) is 10.2 Å². The van der Waals surface area contributed by atoms with Crippen LogP contribution in [0.2, 0.25) is 5.02 Å². The number of nitrogens with zero attached hydrogens (tertiary/aromatic N) is 1. The van der Waals surface area contributed by atoms with Crippen LogP contribution < -0.4 is 10.1 Å². The van der Waals surface area contributed by atoms with Gasteiger partial charge in [0.2, 0.25) is 5.91 Å². The molecule has 0 unspecified atom stereocenters. The van der Waals surface area contributed by atoms with Crippen LogP contribution in [0.25, 0.3) is 0 Å². The number of halogens is 1. The number of carbonyl (C=O) groups excluding carboxylic acids is 2. The van der Waals surface area contributed by atoms with Crippen LogP contribution >= 0.6 is 11.6 Å². The molecule has 0 spiro atoms. The smallest absolute Gasteiger partial charge is 0.407 e.